The van der Waals surface area contributed by atoms with E-state index in [1.165, 1.54) is 0 Å². The van der Waals surface area contributed by atoms with E-state index in [0.717, 1.165) is 6.54 Å². The number of carbonyl (C=O) groups excluding carboxylic acids is 1. The molecule has 0 spiro atoms. The molecule has 0 fully saturated rings. The van der Waals surface area contributed by atoms with Gasteiger partial charge in [-0.2, -0.15) is 4.98 Å². The maximum atomic E-state index is 12.2. The fraction of sp³-hybridized carbons (Fsp3) is 0.533. The van der Waals surface area contributed by atoms with Crippen LogP contribution in [0, 0.1) is 13.8 Å². The molecule has 0 radical (unpaired) electrons. The number of ether oxygens (including phenoxy) is 1. The van der Waals surface area contributed by atoms with Crippen molar-refractivity contribution in [3.05, 3.63) is 17.1 Å². The highest BCUT2D eigenvalue weighted by Gasteiger charge is 2.24. The van der Waals surface area contributed by atoms with Crippen LogP contribution >= 0.6 is 0 Å². The third kappa shape index (κ3) is 3.36. The number of fused-ring (bicyclic) bond motifs is 1. The topological polar surface area (TPSA) is 80.5 Å². The molecule has 2 heterocycles. The van der Waals surface area contributed by atoms with Crippen LogP contribution in [-0.2, 0) is 4.74 Å². The lowest BCUT2D eigenvalue weighted by Crippen LogP contribution is -2.21. The molecule has 120 valence electrons. The van der Waals surface area contributed by atoms with Crippen LogP contribution in [0.1, 0.15) is 28.9 Å². The second kappa shape index (κ2) is 6.74. The summed E-state index contributed by atoms with van der Waals surface area (Å²) in [5.74, 6) is 1.26. The fourth-order valence-electron chi connectivity index (χ4n) is 2.19. The van der Waals surface area contributed by atoms with Crippen molar-refractivity contribution in [1.82, 2.24) is 14.9 Å². The van der Waals surface area contributed by atoms with Crippen molar-refractivity contribution in [2.24, 2.45) is 0 Å². The first-order chi connectivity index (χ1) is 10.4. The van der Waals surface area contributed by atoms with Crippen LogP contribution in [0.5, 0.6) is 0 Å². The number of nitrogens with one attached hydrogen (secondary N) is 1. The molecule has 0 saturated heterocycles. The molecule has 0 unspecified atom stereocenters. The Labute approximate surface area is 129 Å². The quantitative estimate of drug-likeness (QED) is 0.817. The first-order valence-electron chi connectivity index (χ1n) is 7.27. The highest BCUT2D eigenvalue weighted by atomic mass is 16.5. The molecule has 0 aromatic carbocycles. The van der Waals surface area contributed by atoms with E-state index in [-0.39, 0.29) is 0 Å². The zero-order chi connectivity index (χ0) is 16.3. The van der Waals surface area contributed by atoms with Crippen molar-refractivity contribution in [3.63, 3.8) is 0 Å². The molecule has 7 nitrogen and oxygen atoms in total. The third-order valence-electron chi connectivity index (χ3n) is 3.17. The number of hydrogen-bond donors (Lipinski definition) is 1. The summed E-state index contributed by atoms with van der Waals surface area (Å²) in [4.78, 5) is 22.9. The van der Waals surface area contributed by atoms with Crippen LogP contribution in [0.25, 0.3) is 11.1 Å². The minimum Gasteiger partial charge on any atom is -0.462 e. The second-order valence-electron chi connectivity index (χ2n) is 5.28. The van der Waals surface area contributed by atoms with Gasteiger partial charge in [0.15, 0.2) is 0 Å². The van der Waals surface area contributed by atoms with Gasteiger partial charge in [-0.15, -0.1) is 0 Å². The number of likely N-dealkylation sites (N-methyl/N-ethyl adjacent to an activating group) is 1. The van der Waals surface area contributed by atoms with Gasteiger partial charge >= 0.3 is 5.97 Å². The lowest BCUT2D eigenvalue weighted by atomic mass is 10.2. The van der Waals surface area contributed by atoms with E-state index in [2.05, 4.69) is 20.2 Å². The molecule has 0 aliphatic heterocycles. The van der Waals surface area contributed by atoms with Crippen molar-refractivity contribution in [2.45, 2.75) is 20.8 Å². The highest BCUT2D eigenvalue weighted by molar-refractivity contribution is 6.07. The summed E-state index contributed by atoms with van der Waals surface area (Å²) in [6.07, 6.45) is 0. The average Bonchev–Trinajstić information content (AvgIpc) is 2.74. The van der Waals surface area contributed by atoms with Crippen LogP contribution in [0.15, 0.2) is 4.42 Å². The van der Waals surface area contributed by atoms with E-state index in [9.17, 15) is 4.79 Å². The molecule has 0 bridgehead atoms. The van der Waals surface area contributed by atoms with Gasteiger partial charge in [0.2, 0.25) is 5.71 Å². The van der Waals surface area contributed by atoms with Crippen LogP contribution in [0.3, 0.4) is 0 Å². The molecule has 7 heteroatoms. The number of furan rings is 1. The summed E-state index contributed by atoms with van der Waals surface area (Å²) >= 11 is 0. The molecule has 22 heavy (non-hydrogen) atoms. The molecule has 1 N–H and O–H groups in total. The summed E-state index contributed by atoms with van der Waals surface area (Å²) in [7, 11) is 3.99. The van der Waals surface area contributed by atoms with Gasteiger partial charge < -0.3 is 19.4 Å². The minimum atomic E-state index is -0.415. The summed E-state index contributed by atoms with van der Waals surface area (Å²) in [6.45, 7) is 7.14. The Kier molecular flexibility index (Phi) is 4.97. The van der Waals surface area contributed by atoms with Gasteiger partial charge in [0.25, 0.3) is 0 Å². The van der Waals surface area contributed by atoms with Crippen LogP contribution in [0.2, 0.25) is 0 Å². The summed E-state index contributed by atoms with van der Waals surface area (Å²) in [6, 6.07) is 0. The van der Waals surface area contributed by atoms with Crippen molar-refractivity contribution in [1.29, 1.82) is 0 Å². The largest absolute Gasteiger partial charge is 0.462 e. The number of anilines is 1. The maximum Gasteiger partial charge on any atom is 0.342 e. The van der Waals surface area contributed by atoms with Gasteiger partial charge in [-0.25, -0.2) is 9.78 Å². The number of nitrogens with zero attached hydrogens (tertiary/aromatic N) is 3. The number of rotatable bonds is 6. The molecule has 2 aromatic rings. The maximum absolute atomic E-state index is 12.2. The number of carbonyl (C=O) groups is 1. The summed E-state index contributed by atoms with van der Waals surface area (Å²) in [5, 5.41) is 3.83. The average molecular weight is 306 g/mol. The molecule has 0 amide bonds. The molecule has 0 saturated carbocycles. The lowest BCUT2D eigenvalue weighted by Gasteiger charge is -2.12. The zero-order valence-electron chi connectivity index (χ0n) is 13.7. The van der Waals surface area contributed by atoms with E-state index in [0.29, 0.717) is 47.2 Å². The normalized spacial score (nSPS) is 11.2. The first kappa shape index (κ1) is 16.2. The van der Waals surface area contributed by atoms with Crippen molar-refractivity contribution in [3.8, 4) is 0 Å². The third-order valence-corrected chi connectivity index (χ3v) is 3.17. The van der Waals surface area contributed by atoms with E-state index >= 15 is 0 Å². The molecule has 0 aliphatic rings. The Balaban J connectivity index is 2.46. The number of aromatic nitrogens is 2. The Morgan fingerprint density at radius 3 is 2.68 bits per heavy atom. The van der Waals surface area contributed by atoms with E-state index in [1.54, 1.807) is 20.8 Å². The molecule has 2 aromatic heterocycles. The van der Waals surface area contributed by atoms with Crippen molar-refractivity contribution in [2.75, 3.05) is 39.1 Å². The molecule has 0 atom stereocenters. The molecule has 0 aliphatic carbocycles. The Morgan fingerprint density at radius 2 is 2.05 bits per heavy atom. The summed E-state index contributed by atoms with van der Waals surface area (Å²) < 4.78 is 10.7. The molecular weight excluding hydrogens is 284 g/mol. The standard InChI is InChI=1S/C15H22N4O3/c1-6-21-15(20)11-9(2)22-14-12(11)13(17-10(3)18-14)16-7-8-19(4)5/h6-8H2,1-5H3,(H,16,17,18). The fourth-order valence-corrected chi connectivity index (χ4v) is 2.19. The van der Waals surface area contributed by atoms with Gasteiger partial charge in [0.1, 0.15) is 23.0 Å². The zero-order valence-corrected chi connectivity index (χ0v) is 13.7. The first-order valence-corrected chi connectivity index (χ1v) is 7.27. The van der Waals surface area contributed by atoms with Crippen LogP contribution in [0.4, 0.5) is 5.82 Å². The number of aryl methyl sites for hydroxylation is 2. The van der Waals surface area contributed by atoms with Gasteiger partial charge in [0.05, 0.1) is 12.0 Å². The predicted molar refractivity (Wildman–Crippen MR) is 84.3 cm³/mol. The van der Waals surface area contributed by atoms with E-state index in [1.807, 2.05) is 14.1 Å². The molecular formula is C15H22N4O3. The SMILES string of the molecule is CCOC(=O)c1c(C)oc2nc(C)nc(NCCN(C)C)c12. The summed E-state index contributed by atoms with van der Waals surface area (Å²) in [5.41, 5.74) is 0.796. The van der Waals surface area contributed by atoms with Crippen LogP contribution in [-0.4, -0.2) is 54.6 Å². The van der Waals surface area contributed by atoms with E-state index in [4.69, 9.17) is 9.15 Å². The second-order valence-corrected chi connectivity index (χ2v) is 5.28. The minimum absolute atomic E-state index is 0.307. The Hall–Kier alpha value is -2.15. The van der Waals surface area contributed by atoms with Gasteiger partial charge in [0, 0.05) is 13.1 Å². The Bertz CT molecular complexity index is 679. The van der Waals surface area contributed by atoms with Crippen LogP contribution < -0.4 is 5.32 Å². The van der Waals surface area contributed by atoms with Gasteiger partial charge in [-0.05, 0) is 34.9 Å². The number of hydrogen-bond acceptors (Lipinski definition) is 7. The van der Waals surface area contributed by atoms with Crippen molar-refractivity contribution < 1.29 is 13.9 Å². The number of esters is 1. The lowest BCUT2D eigenvalue weighted by molar-refractivity contribution is 0.0526. The van der Waals surface area contributed by atoms with Gasteiger partial charge in [-0.1, -0.05) is 0 Å². The monoisotopic (exact) mass is 306 g/mol. The van der Waals surface area contributed by atoms with Crippen molar-refractivity contribution >= 4 is 22.9 Å². The smallest absolute Gasteiger partial charge is 0.342 e. The highest BCUT2D eigenvalue weighted by Crippen LogP contribution is 2.30. The van der Waals surface area contributed by atoms with E-state index < -0.39 is 5.97 Å². The van der Waals surface area contributed by atoms with Gasteiger partial charge in [-0.3, -0.25) is 0 Å². The predicted octanol–water partition coefficient (Wildman–Crippen LogP) is 1.99. The molecule has 2 rings (SSSR count). The Morgan fingerprint density at radius 1 is 1.32 bits per heavy atom.